The summed E-state index contributed by atoms with van der Waals surface area (Å²) in [5.74, 6) is -0.367. The third kappa shape index (κ3) is 4.92. The summed E-state index contributed by atoms with van der Waals surface area (Å²) in [4.78, 5) is 35.9. The molecule has 0 radical (unpaired) electrons. The van der Waals surface area contributed by atoms with Gasteiger partial charge in [-0.15, -0.1) is 0 Å². The summed E-state index contributed by atoms with van der Waals surface area (Å²) in [6.45, 7) is 0.120. The molecule has 2 aromatic carbocycles. The van der Waals surface area contributed by atoms with Crippen LogP contribution in [-0.2, 0) is 9.59 Å². The molecule has 146 valence electrons. The van der Waals surface area contributed by atoms with E-state index in [0.29, 0.717) is 22.1 Å². The molecule has 28 heavy (non-hydrogen) atoms. The highest BCUT2D eigenvalue weighted by atomic mass is 35.5. The summed E-state index contributed by atoms with van der Waals surface area (Å²) < 4.78 is 11.0. The van der Waals surface area contributed by atoms with Crippen LogP contribution in [0.3, 0.4) is 0 Å². The number of hydrogen-bond donors (Lipinski definition) is 3. The zero-order valence-corrected chi connectivity index (χ0v) is 15.5. The fourth-order valence-electron chi connectivity index (χ4n) is 2.45. The summed E-state index contributed by atoms with van der Waals surface area (Å²) in [6, 6.07) is 13.6. The van der Waals surface area contributed by atoms with Crippen molar-refractivity contribution in [1.29, 1.82) is 0 Å². The predicted octanol–water partition coefficient (Wildman–Crippen LogP) is 1.45. The number of carbonyl (C=O) groups is 3. The smallest absolute Gasteiger partial charge is 0.283 e. The normalized spacial score (nSPS) is 14.7. The van der Waals surface area contributed by atoms with E-state index in [1.807, 2.05) is 0 Å². The minimum Gasteiger partial charge on any atom is -0.485 e. The standard InChI is InChI=1S/C19H18ClN3O5/c20-13-6-2-1-5-12(13)18(25)21-10-9-17(24)22-23-19(26)16-11-27-14-7-3-4-8-15(14)28-16/h1-8,16H,9-11H2,(H,21,25)(H,22,24)(H,23,26). The van der Waals surface area contributed by atoms with Crippen molar-refractivity contribution in [2.75, 3.05) is 13.2 Å². The fraction of sp³-hybridized carbons (Fsp3) is 0.211. The lowest BCUT2D eigenvalue weighted by atomic mass is 10.2. The number of ether oxygens (including phenoxy) is 2. The molecule has 3 N–H and O–H groups in total. The Morgan fingerprint density at radius 3 is 2.50 bits per heavy atom. The van der Waals surface area contributed by atoms with Gasteiger partial charge in [0.25, 0.3) is 11.8 Å². The van der Waals surface area contributed by atoms with Crippen molar-refractivity contribution >= 4 is 29.3 Å². The first-order valence-electron chi connectivity index (χ1n) is 8.54. The molecular weight excluding hydrogens is 386 g/mol. The van der Waals surface area contributed by atoms with Crippen molar-refractivity contribution < 1.29 is 23.9 Å². The Bertz CT molecular complexity index is 889. The molecule has 0 spiro atoms. The topological polar surface area (TPSA) is 106 Å². The number of fused-ring (bicyclic) bond motifs is 1. The van der Waals surface area contributed by atoms with E-state index in [9.17, 15) is 14.4 Å². The van der Waals surface area contributed by atoms with Crippen molar-refractivity contribution in [3.05, 3.63) is 59.1 Å². The van der Waals surface area contributed by atoms with E-state index in [1.165, 1.54) is 0 Å². The van der Waals surface area contributed by atoms with E-state index in [2.05, 4.69) is 16.2 Å². The van der Waals surface area contributed by atoms with Crippen LogP contribution < -0.4 is 25.6 Å². The molecule has 1 atom stereocenters. The van der Waals surface area contributed by atoms with Gasteiger partial charge in [0, 0.05) is 13.0 Å². The number of amides is 3. The molecule has 0 aromatic heterocycles. The second-order valence-electron chi connectivity index (χ2n) is 5.89. The van der Waals surface area contributed by atoms with Gasteiger partial charge in [-0.3, -0.25) is 25.2 Å². The lowest BCUT2D eigenvalue weighted by Gasteiger charge is -2.25. The number of rotatable bonds is 5. The second-order valence-corrected chi connectivity index (χ2v) is 6.29. The highest BCUT2D eigenvalue weighted by Gasteiger charge is 2.27. The van der Waals surface area contributed by atoms with E-state index in [-0.39, 0.29) is 25.5 Å². The summed E-state index contributed by atoms with van der Waals surface area (Å²) in [5, 5.41) is 2.92. The quantitative estimate of drug-likeness (QED) is 0.655. The van der Waals surface area contributed by atoms with E-state index < -0.39 is 17.9 Å². The van der Waals surface area contributed by atoms with Gasteiger partial charge in [0.15, 0.2) is 11.5 Å². The van der Waals surface area contributed by atoms with Crippen LogP contribution in [0.2, 0.25) is 5.02 Å². The van der Waals surface area contributed by atoms with Crippen LogP contribution in [0.25, 0.3) is 0 Å². The average Bonchev–Trinajstić information content (AvgIpc) is 2.71. The molecule has 0 saturated carbocycles. The summed E-state index contributed by atoms with van der Waals surface area (Å²) in [6.07, 6.45) is -0.906. The van der Waals surface area contributed by atoms with Gasteiger partial charge in [-0.25, -0.2) is 0 Å². The number of benzene rings is 2. The maximum Gasteiger partial charge on any atom is 0.283 e. The van der Waals surface area contributed by atoms with Crippen molar-refractivity contribution in [2.24, 2.45) is 0 Å². The Morgan fingerprint density at radius 2 is 1.71 bits per heavy atom. The molecule has 0 bridgehead atoms. The second kappa shape index (κ2) is 9.09. The van der Waals surface area contributed by atoms with E-state index >= 15 is 0 Å². The third-order valence-corrected chi connectivity index (χ3v) is 4.21. The Kier molecular flexibility index (Phi) is 6.33. The van der Waals surface area contributed by atoms with Gasteiger partial charge in [-0.1, -0.05) is 35.9 Å². The van der Waals surface area contributed by atoms with Crippen LogP contribution in [0, 0.1) is 0 Å². The number of hydrazine groups is 1. The van der Waals surface area contributed by atoms with Crippen LogP contribution in [0.4, 0.5) is 0 Å². The molecule has 1 unspecified atom stereocenters. The van der Waals surface area contributed by atoms with Crippen LogP contribution in [0.5, 0.6) is 11.5 Å². The Morgan fingerprint density at radius 1 is 1.00 bits per heavy atom. The SMILES string of the molecule is O=C(CCNC(=O)c1ccccc1Cl)NNC(=O)C1COc2ccccc2O1. The summed E-state index contributed by atoms with van der Waals surface area (Å²) in [7, 11) is 0. The lowest BCUT2D eigenvalue weighted by Crippen LogP contribution is -2.51. The van der Waals surface area contributed by atoms with Gasteiger partial charge >= 0.3 is 0 Å². The molecule has 9 heteroatoms. The molecule has 3 amide bonds. The molecule has 3 rings (SSSR count). The van der Waals surface area contributed by atoms with Crippen LogP contribution in [0.1, 0.15) is 16.8 Å². The fourth-order valence-corrected chi connectivity index (χ4v) is 2.67. The van der Waals surface area contributed by atoms with Crippen LogP contribution in [0.15, 0.2) is 48.5 Å². The number of carbonyl (C=O) groups excluding carboxylic acids is 3. The number of nitrogens with one attached hydrogen (secondary N) is 3. The molecule has 8 nitrogen and oxygen atoms in total. The largest absolute Gasteiger partial charge is 0.485 e. The Hall–Kier alpha value is -3.26. The Balaban J connectivity index is 1.38. The van der Waals surface area contributed by atoms with Gasteiger partial charge in [0.05, 0.1) is 10.6 Å². The van der Waals surface area contributed by atoms with Gasteiger partial charge in [0.2, 0.25) is 12.0 Å². The summed E-state index contributed by atoms with van der Waals surface area (Å²) in [5.41, 5.74) is 4.89. The molecule has 0 saturated heterocycles. The first-order chi connectivity index (χ1) is 13.5. The van der Waals surface area contributed by atoms with E-state index in [1.54, 1.807) is 48.5 Å². The number of hydrogen-bond acceptors (Lipinski definition) is 5. The average molecular weight is 404 g/mol. The number of para-hydroxylation sites is 2. The Labute approximate surface area is 166 Å². The van der Waals surface area contributed by atoms with Gasteiger partial charge in [-0.05, 0) is 24.3 Å². The zero-order chi connectivity index (χ0) is 19.9. The molecule has 1 heterocycles. The van der Waals surface area contributed by atoms with Crippen LogP contribution in [-0.4, -0.2) is 37.0 Å². The first kappa shape index (κ1) is 19.5. The van der Waals surface area contributed by atoms with E-state index in [4.69, 9.17) is 21.1 Å². The predicted molar refractivity (Wildman–Crippen MR) is 101 cm³/mol. The van der Waals surface area contributed by atoms with Crippen molar-refractivity contribution in [1.82, 2.24) is 16.2 Å². The van der Waals surface area contributed by atoms with Crippen molar-refractivity contribution in [3.63, 3.8) is 0 Å². The monoisotopic (exact) mass is 403 g/mol. The minimum atomic E-state index is -0.880. The van der Waals surface area contributed by atoms with Crippen LogP contribution >= 0.6 is 11.6 Å². The summed E-state index contributed by atoms with van der Waals surface area (Å²) >= 11 is 5.94. The van der Waals surface area contributed by atoms with Gasteiger partial charge < -0.3 is 14.8 Å². The maximum atomic E-state index is 12.1. The highest BCUT2D eigenvalue weighted by Crippen LogP contribution is 2.30. The molecule has 2 aromatic rings. The molecule has 1 aliphatic heterocycles. The molecule has 1 aliphatic rings. The zero-order valence-electron chi connectivity index (χ0n) is 14.7. The van der Waals surface area contributed by atoms with Gasteiger partial charge in [-0.2, -0.15) is 0 Å². The number of halogens is 1. The first-order valence-corrected chi connectivity index (χ1v) is 8.92. The van der Waals surface area contributed by atoms with Crippen molar-refractivity contribution in [3.8, 4) is 11.5 Å². The molecule has 0 fully saturated rings. The van der Waals surface area contributed by atoms with Gasteiger partial charge in [0.1, 0.15) is 6.61 Å². The van der Waals surface area contributed by atoms with E-state index in [0.717, 1.165) is 0 Å². The molecular formula is C19H18ClN3O5. The van der Waals surface area contributed by atoms with Crippen molar-refractivity contribution in [2.45, 2.75) is 12.5 Å². The third-order valence-electron chi connectivity index (χ3n) is 3.88. The minimum absolute atomic E-state index is 0.0265. The maximum absolute atomic E-state index is 12.1. The molecule has 0 aliphatic carbocycles. The lowest BCUT2D eigenvalue weighted by molar-refractivity contribution is -0.135. The highest BCUT2D eigenvalue weighted by molar-refractivity contribution is 6.33.